The minimum atomic E-state index is 0.593. The number of halogens is 1. The van der Waals surface area contributed by atoms with Gasteiger partial charge in [-0.25, -0.2) is 4.98 Å². The first-order valence-corrected chi connectivity index (χ1v) is 9.09. The van der Waals surface area contributed by atoms with Crippen molar-refractivity contribution < 1.29 is 4.42 Å². The highest BCUT2D eigenvalue weighted by atomic mass is 35.5. The molecule has 0 radical (unpaired) electrons. The SMILES string of the molecule is Clc1ccc(-c2nc3cc(NCc4c[nH]c5ccccc45)ccc3o2)cc1. The fraction of sp³-hybridized carbons (Fsp3) is 0.0455. The fourth-order valence-electron chi connectivity index (χ4n) is 3.23. The predicted molar refractivity (Wildman–Crippen MR) is 110 cm³/mol. The van der Waals surface area contributed by atoms with Crippen molar-refractivity contribution in [2.75, 3.05) is 5.32 Å². The molecular weight excluding hydrogens is 358 g/mol. The molecule has 27 heavy (non-hydrogen) atoms. The number of H-pyrrole nitrogens is 1. The number of nitrogens with one attached hydrogen (secondary N) is 2. The minimum Gasteiger partial charge on any atom is -0.436 e. The molecule has 2 heterocycles. The standard InChI is InChI=1S/C22H16ClN3O/c23-16-7-5-14(6-8-16)22-26-20-11-17(9-10-21(20)27-22)24-12-15-13-25-19-4-2-1-3-18(15)19/h1-11,13,24-25H,12H2. The van der Waals surface area contributed by atoms with Crippen molar-refractivity contribution in [1.29, 1.82) is 0 Å². The maximum absolute atomic E-state index is 5.95. The number of anilines is 1. The third kappa shape index (κ3) is 3.04. The van der Waals surface area contributed by atoms with Gasteiger partial charge in [0.15, 0.2) is 5.58 Å². The number of benzene rings is 3. The number of oxazole rings is 1. The zero-order chi connectivity index (χ0) is 18.2. The van der Waals surface area contributed by atoms with Gasteiger partial charge in [-0.05, 0) is 54.1 Å². The van der Waals surface area contributed by atoms with Crippen LogP contribution in [0.1, 0.15) is 5.56 Å². The van der Waals surface area contributed by atoms with Crippen molar-refractivity contribution in [2.24, 2.45) is 0 Å². The van der Waals surface area contributed by atoms with Crippen molar-refractivity contribution in [3.63, 3.8) is 0 Å². The molecule has 0 aliphatic carbocycles. The highest BCUT2D eigenvalue weighted by Crippen LogP contribution is 2.27. The molecule has 5 rings (SSSR count). The normalized spacial score (nSPS) is 11.3. The smallest absolute Gasteiger partial charge is 0.227 e. The zero-order valence-corrected chi connectivity index (χ0v) is 15.1. The molecule has 0 saturated carbocycles. The monoisotopic (exact) mass is 373 g/mol. The lowest BCUT2D eigenvalue weighted by molar-refractivity contribution is 0.620. The molecule has 132 valence electrons. The predicted octanol–water partition coefficient (Wildman–Crippen LogP) is 6.24. The summed E-state index contributed by atoms with van der Waals surface area (Å²) in [6.07, 6.45) is 2.05. The summed E-state index contributed by atoms with van der Waals surface area (Å²) in [6.45, 7) is 0.734. The van der Waals surface area contributed by atoms with E-state index in [0.717, 1.165) is 34.4 Å². The second-order valence-electron chi connectivity index (χ2n) is 6.42. The topological polar surface area (TPSA) is 53.9 Å². The molecule has 5 aromatic rings. The lowest BCUT2D eigenvalue weighted by Crippen LogP contribution is -1.98. The highest BCUT2D eigenvalue weighted by Gasteiger charge is 2.09. The summed E-state index contributed by atoms with van der Waals surface area (Å²) >= 11 is 5.95. The van der Waals surface area contributed by atoms with Gasteiger partial charge in [-0.3, -0.25) is 0 Å². The summed E-state index contributed by atoms with van der Waals surface area (Å²) in [5.41, 5.74) is 5.87. The van der Waals surface area contributed by atoms with Crippen LogP contribution in [0.25, 0.3) is 33.5 Å². The average Bonchev–Trinajstić information content (AvgIpc) is 3.30. The van der Waals surface area contributed by atoms with Crippen molar-refractivity contribution in [3.05, 3.63) is 83.5 Å². The Bertz CT molecular complexity index is 1240. The second kappa shape index (κ2) is 6.49. The van der Waals surface area contributed by atoms with Crippen LogP contribution >= 0.6 is 11.6 Å². The fourth-order valence-corrected chi connectivity index (χ4v) is 3.35. The average molecular weight is 374 g/mol. The molecule has 0 fully saturated rings. The van der Waals surface area contributed by atoms with Crippen LogP contribution in [0, 0.1) is 0 Å². The first-order chi connectivity index (χ1) is 13.3. The summed E-state index contributed by atoms with van der Waals surface area (Å²) in [5.74, 6) is 0.593. The molecule has 0 unspecified atom stereocenters. The number of rotatable bonds is 4. The zero-order valence-electron chi connectivity index (χ0n) is 14.4. The van der Waals surface area contributed by atoms with Gasteiger partial charge in [0.05, 0.1) is 0 Å². The van der Waals surface area contributed by atoms with E-state index in [2.05, 4.69) is 33.5 Å². The van der Waals surface area contributed by atoms with Gasteiger partial charge in [-0.2, -0.15) is 0 Å². The number of nitrogens with zero attached hydrogens (tertiary/aromatic N) is 1. The van der Waals surface area contributed by atoms with Gasteiger partial charge in [0.2, 0.25) is 5.89 Å². The van der Waals surface area contributed by atoms with Crippen molar-refractivity contribution in [3.8, 4) is 11.5 Å². The van der Waals surface area contributed by atoms with Gasteiger partial charge in [-0.15, -0.1) is 0 Å². The van der Waals surface area contributed by atoms with Gasteiger partial charge in [0.25, 0.3) is 0 Å². The number of para-hydroxylation sites is 1. The van der Waals surface area contributed by atoms with Crippen LogP contribution in [0.4, 0.5) is 5.69 Å². The molecule has 4 nitrogen and oxygen atoms in total. The Hall–Kier alpha value is -3.24. The van der Waals surface area contributed by atoms with Crippen molar-refractivity contribution >= 4 is 39.3 Å². The van der Waals surface area contributed by atoms with E-state index in [1.807, 2.05) is 54.7 Å². The van der Waals surface area contributed by atoms with Gasteiger partial charge in [0, 0.05) is 39.9 Å². The molecule has 0 bridgehead atoms. The lowest BCUT2D eigenvalue weighted by Gasteiger charge is -2.05. The van der Waals surface area contributed by atoms with Crippen molar-refractivity contribution in [1.82, 2.24) is 9.97 Å². The number of hydrogen-bond donors (Lipinski definition) is 2. The Morgan fingerprint density at radius 2 is 1.85 bits per heavy atom. The number of fused-ring (bicyclic) bond motifs is 2. The maximum Gasteiger partial charge on any atom is 0.227 e. The Kier molecular flexibility index (Phi) is 3.84. The van der Waals surface area contributed by atoms with E-state index in [-0.39, 0.29) is 0 Å². The van der Waals surface area contributed by atoms with E-state index in [4.69, 9.17) is 16.0 Å². The number of aromatic amines is 1. The van der Waals surface area contributed by atoms with Crippen LogP contribution in [0.2, 0.25) is 5.02 Å². The molecule has 0 aliphatic heterocycles. The molecule has 2 aromatic heterocycles. The Labute approximate surface area is 160 Å². The van der Waals surface area contributed by atoms with E-state index in [1.165, 1.54) is 10.9 Å². The van der Waals surface area contributed by atoms with Crippen LogP contribution < -0.4 is 5.32 Å². The van der Waals surface area contributed by atoms with Crippen LogP contribution in [-0.2, 0) is 6.54 Å². The minimum absolute atomic E-state index is 0.593. The number of hydrogen-bond acceptors (Lipinski definition) is 3. The Balaban J connectivity index is 1.40. The molecule has 0 spiro atoms. The van der Waals surface area contributed by atoms with Gasteiger partial charge in [0.1, 0.15) is 5.52 Å². The van der Waals surface area contributed by atoms with E-state index < -0.39 is 0 Å². The quantitative estimate of drug-likeness (QED) is 0.392. The first-order valence-electron chi connectivity index (χ1n) is 8.72. The van der Waals surface area contributed by atoms with E-state index in [9.17, 15) is 0 Å². The van der Waals surface area contributed by atoms with E-state index in [0.29, 0.717) is 10.9 Å². The molecule has 0 atom stereocenters. The van der Waals surface area contributed by atoms with Gasteiger partial charge < -0.3 is 14.7 Å². The molecule has 0 aliphatic rings. The molecule has 5 heteroatoms. The van der Waals surface area contributed by atoms with Crippen LogP contribution in [-0.4, -0.2) is 9.97 Å². The summed E-state index contributed by atoms with van der Waals surface area (Å²) in [6, 6.07) is 21.7. The Morgan fingerprint density at radius 1 is 1.00 bits per heavy atom. The van der Waals surface area contributed by atoms with Crippen LogP contribution in [0.3, 0.4) is 0 Å². The largest absolute Gasteiger partial charge is 0.436 e. The summed E-state index contributed by atoms with van der Waals surface area (Å²) < 4.78 is 5.87. The molecule has 2 N–H and O–H groups in total. The summed E-state index contributed by atoms with van der Waals surface area (Å²) in [4.78, 5) is 7.92. The maximum atomic E-state index is 5.95. The molecular formula is C22H16ClN3O. The lowest BCUT2D eigenvalue weighted by atomic mass is 10.2. The van der Waals surface area contributed by atoms with Crippen LogP contribution in [0.5, 0.6) is 0 Å². The van der Waals surface area contributed by atoms with E-state index >= 15 is 0 Å². The first kappa shape index (κ1) is 16.0. The number of aromatic nitrogens is 2. The Morgan fingerprint density at radius 3 is 2.74 bits per heavy atom. The summed E-state index contributed by atoms with van der Waals surface area (Å²) in [7, 11) is 0. The van der Waals surface area contributed by atoms with Crippen molar-refractivity contribution in [2.45, 2.75) is 6.54 Å². The van der Waals surface area contributed by atoms with Crippen LogP contribution in [0.15, 0.2) is 77.3 Å². The summed E-state index contributed by atoms with van der Waals surface area (Å²) in [5, 5.41) is 5.40. The van der Waals surface area contributed by atoms with E-state index in [1.54, 1.807) is 0 Å². The molecule has 3 aromatic carbocycles. The molecule has 0 saturated heterocycles. The van der Waals surface area contributed by atoms with Gasteiger partial charge >= 0.3 is 0 Å². The third-order valence-corrected chi connectivity index (χ3v) is 4.89. The van der Waals surface area contributed by atoms with Gasteiger partial charge in [-0.1, -0.05) is 29.8 Å². The second-order valence-corrected chi connectivity index (χ2v) is 6.86. The highest BCUT2D eigenvalue weighted by molar-refractivity contribution is 6.30. The molecule has 0 amide bonds. The third-order valence-electron chi connectivity index (χ3n) is 4.64.